The molecular formula is C11H11N5O. The number of hydrogen-bond acceptors (Lipinski definition) is 6. The molecule has 0 spiro atoms. The Kier molecular flexibility index (Phi) is 3.01. The van der Waals surface area contributed by atoms with Gasteiger partial charge in [-0.2, -0.15) is 5.26 Å². The molecule has 0 unspecified atom stereocenters. The molecule has 2 heterocycles. The summed E-state index contributed by atoms with van der Waals surface area (Å²) in [7, 11) is 0. The van der Waals surface area contributed by atoms with Crippen LogP contribution in [0.3, 0.4) is 0 Å². The molecule has 0 radical (unpaired) electrons. The van der Waals surface area contributed by atoms with Crippen LogP contribution >= 0.6 is 0 Å². The number of nitriles is 1. The van der Waals surface area contributed by atoms with Crippen molar-refractivity contribution in [1.82, 2.24) is 15.1 Å². The average molecular weight is 229 g/mol. The molecule has 17 heavy (non-hydrogen) atoms. The van der Waals surface area contributed by atoms with Gasteiger partial charge < -0.3 is 9.84 Å². The zero-order chi connectivity index (χ0) is 12.3. The average Bonchev–Trinajstić information content (AvgIpc) is 2.71. The molecule has 0 aliphatic rings. The highest BCUT2D eigenvalue weighted by Gasteiger charge is 2.04. The van der Waals surface area contributed by atoms with Crippen LogP contribution in [0, 0.1) is 25.2 Å². The van der Waals surface area contributed by atoms with Crippen LogP contribution in [0.2, 0.25) is 0 Å². The molecule has 2 rings (SSSR count). The number of rotatable bonds is 3. The van der Waals surface area contributed by atoms with Crippen molar-refractivity contribution in [3.05, 3.63) is 35.1 Å². The summed E-state index contributed by atoms with van der Waals surface area (Å²) in [5.74, 6) is 1.95. The van der Waals surface area contributed by atoms with Gasteiger partial charge in [-0.25, -0.2) is 9.97 Å². The summed E-state index contributed by atoms with van der Waals surface area (Å²) < 4.78 is 4.95. The molecular weight excluding hydrogens is 218 g/mol. The Labute approximate surface area is 98.3 Å². The van der Waals surface area contributed by atoms with E-state index < -0.39 is 0 Å². The van der Waals surface area contributed by atoms with Gasteiger partial charge in [0.25, 0.3) is 0 Å². The summed E-state index contributed by atoms with van der Waals surface area (Å²) >= 11 is 0. The molecule has 0 saturated heterocycles. The van der Waals surface area contributed by atoms with E-state index in [1.165, 1.54) is 0 Å². The first-order chi connectivity index (χ1) is 8.19. The van der Waals surface area contributed by atoms with E-state index in [4.69, 9.17) is 9.78 Å². The van der Waals surface area contributed by atoms with Crippen molar-refractivity contribution in [2.75, 3.05) is 5.32 Å². The smallest absolute Gasteiger partial charge is 0.146 e. The molecule has 0 fully saturated rings. The van der Waals surface area contributed by atoms with Gasteiger partial charge in [0.15, 0.2) is 0 Å². The first-order valence-corrected chi connectivity index (χ1v) is 5.09. The van der Waals surface area contributed by atoms with Gasteiger partial charge in [-0.15, -0.1) is 0 Å². The van der Waals surface area contributed by atoms with E-state index in [-0.39, 0.29) is 0 Å². The summed E-state index contributed by atoms with van der Waals surface area (Å²) in [6.45, 7) is 4.14. The van der Waals surface area contributed by atoms with E-state index >= 15 is 0 Å². The molecule has 0 atom stereocenters. The Morgan fingerprint density at radius 3 is 2.88 bits per heavy atom. The summed E-state index contributed by atoms with van der Waals surface area (Å²) in [5, 5.41) is 15.6. The molecule has 0 aliphatic carbocycles. The lowest BCUT2D eigenvalue weighted by Gasteiger charge is -2.05. The maximum atomic E-state index is 8.79. The lowest BCUT2D eigenvalue weighted by molar-refractivity contribution is 0.396. The Morgan fingerprint density at radius 1 is 1.41 bits per heavy atom. The monoisotopic (exact) mass is 229 g/mol. The predicted molar refractivity (Wildman–Crippen MR) is 60.1 cm³/mol. The number of aromatic nitrogens is 3. The van der Waals surface area contributed by atoms with Crippen LogP contribution in [-0.4, -0.2) is 15.1 Å². The minimum Gasteiger partial charge on any atom is -0.366 e. The van der Waals surface area contributed by atoms with Crippen LogP contribution in [0.4, 0.5) is 5.82 Å². The zero-order valence-corrected chi connectivity index (χ0v) is 9.56. The number of aryl methyl sites for hydroxylation is 2. The van der Waals surface area contributed by atoms with Crippen LogP contribution in [0.15, 0.2) is 16.8 Å². The van der Waals surface area contributed by atoms with E-state index in [1.54, 1.807) is 19.2 Å². The highest BCUT2D eigenvalue weighted by molar-refractivity contribution is 5.40. The predicted octanol–water partition coefficient (Wildman–Crippen LogP) is 1.57. The summed E-state index contributed by atoms with van der Waals surface area (Å²) in [4.78, 5) is 8.16. The Hall–Kier alpha value is -2.42. The maximum Gasteiger partial charge on any atom is 0.146 e. The van der Waals surface area contributed by atoms with E-state index in [0.29, 0.717) is 23.9 Å². The molecule has 1 N–H and O–H groups in total. The number of nitrogens with zero attached hydrogens (tertiary/aromatic N) is 4. The van der Waals surface area contributed by atoms with Crippen molar-refractivity contribution in [1.29, 1.82) is 5.26 Å². The third-order valence-corrected chi connectivity index (χ3v) is 2.26. The molecule has 2 aromatic heterocycles. The Morgan fingerprint density at radius 2 is 2.24 bits per heavy atom. The van der Waals surface area contributed by atoms with Gasteiger partial charge in [0.1, 0.15) is 29.2 Å². The highest BCUT2D eigenvalue weighted by atomic mass is 16.5. The minimum atomic E-state index is 0.349. The van der Waals surface area contributed by atoms with E-state index in [9.17, 15) is 0 Å². The topological polar surface area (TPSA) is 87.6 Å². The lowest BCUT2D eigenvalue weighted by Crippen LogP contribution is -2.04. The second kappa shape index (κ2) is 4.61. The standard InChI is InChI=1S/C11H11N5O/c1-7-9(6-14-17-7)5-13-11-3-10(4-12)15-8(2)16-11/h3,6H,5H2,1-2H3,(H,13,15,16). The van der Waals surface area contributed by atoms with Gasteiger partial charge in [0, 0.05) is 18.2 Å². The third-order valence-electron chi connectivity index (χ3n) is 2.26. The van der Waals surface area contributed by atoms with E-state index in [1.807, 2.05) is 13.0 Å². The fourth-order valence-corrected chi connectivity index (χ4v) is 1.39. The molecule has 2 aromatic rings. The van der Waals surface area contributed by atoms with Crippen LogP contribution in [-0.2, 0) is 6.54 Å². The molecule has 0 aliphatic heterocycles. The number of nitrogens with one attached hydrogen (secondary N) is 1. The largest absolute Gasteiger partial charge is 0.366 e. The second-order valence-electron chi connectivity index (χ2n) is 3.56. The number of hydrogen-bond donors (Lipinski definition) is 1. The van der Waals surface area contributed by atoms with Gasteiger partial charge in [-0.05, 0) is 13.8 Å². The van der Waals surface area contributed by atoms with Gasteiger partial charge in [0.2, 0.25) is 0 Å². The van der Waals surface area contributed by atoms with Crippen LogP contribution < -0.4 is 5.32 Å². The molecule has 0 aromatic carbocycles. The Balaban J connectivity index is 2.12. The quantitative estimate of drug-likeness (QED) is 0.859. The summed E-state index contributed by atoms with van der Waals surface area (Å²) in [6.07, 6.45) is 1.65. The molecule has 0 bridgehead atoms. The zero-order valence-electron chi connectivity index (χ0n) is 9.56. The van der Waals surface area contributed by atoms with Crippen molar-refractivity contribution >= 4 is 5.82 Å². The van der Waals surface area contributed by atoms with E-state index in [0.717, 1.165) is 11.3 Å². The normalized spacial score (nSPS) is 9.94. The number of anilines is 1. The van der Waals surface area contributed by atoms with Gasteiger partial charge in [-0.3, -0.25) is 0 Å². The highest BCUT2D eigenvalue weighted by Crippen LogP contribution is 2.10. The van der Waals surface area contributed by atoms with Crippen LogP contribution in [0.5, 0.6) is 0 Å². The van der Waals surface area contributed by atoms with Gasteiger partial charge >= 0.3 is 0 Å². The fourth-order valence-electron chi connectivity index (χ4n) is 1.39. The Bertz CT molecular complexity index is 569. The molecule has 0 saturated carbocycles. The van der Waals surface area contributed by atoms with Crippen molar-refractivity contribution in [3.8, 4) is 6.07 Å². The summed E-state index contributed by atoms with van der Waals surface area (Å²) in [5.41, 5.74) is 1.31. The lowest BCUT2D eigenvalue weighted by atomic mass is 10.3. The van der Waals surface area contributed by atoms with Crippen molar-refractivity contribution < 1.29 is 4.52 Å². The second-order valence-corrected chi connectivity index (χ2v) is 3.56. The van der Waals surface area contributed by atoms with Crippen LogP contribution in [0.1, 0.15) is 22.8 Å². The van der Waals surface area contributed by atoms with Crippen molar-refractivity contribution in [2.45, 2.75) is 20.4 Å². The molecule has 86 valence electrons. The molecule has 6 nitrogen and oxygen atoms in total. The first kappa shape index (κ1) is 11.1. The van der Waals surface area contributed by atoms with Crippen molar-refractivity contribution in [2.24, 2.45) is 0 Å². The van der Waals surface area contributed by atoms with Gasteiger partial charge in [-0.1, -0.05) is 5.16 Å². The molecule has 6 heteroatoms. The van der Waals surface area contributed by atoms with E-state index in [2.05, 4.69) is 20.4 Å². The summed E-state index contributed by atoms with van der Waals surface area (Å²) in [6, 6.07) is 3.60. The minimum absolute atomic E-state index is 0.349. The maximum absolute atomic E-state index is 8.79. The van der Waals surface area contributed by atoms with Gasteiger partial charge in [0.05, 0.1) is 6.20 Å². The van der Waals surface area contributed by atoms with Crippen molar-refractivity contribution in [3.63, 3.8) is 0 Å². The third kappa shape index (κ3) is 2.58. The molecule has 0 amide bonds. The van der Waals surface area contributed by atoms with Crippen LogP contribution in [0.25, 0.3) is 0 Å². The SMILES string of the molecule is Cc1nc(C#N)cc(NCc2cnoc2C)n1. The first-order valence-electron chi connectivity index (χ1n) is 5.09. The fraction of sp³-hybridized carbons (Fsp3) is 0.273.